The summed E-state index contributed by atoms with van der Waals surface area (Å²) in [6, 6.07) is 7.29. The lowest BCUT2D eigenvalue weighted by molar-refractivity contribution is -0.146. The molecule has 1 atom stereocenters. The summed E-state index contributed by atoms with van der Waals surface area (Å²) in [5.41, 5.74) is 2.66. The first-order chi connectivity index (χ1) is 10.5. The fraction of sp³-hybridized carbons (Fsp3) is 0.400. The van der Waals surface area contributed by atoms with E-state index >= 15 is 0 Å². The molecule has 120 valence electrons. The van der Waals surface area contributed by atoms with Gasteiger partial charge in [-0.1, -0.05) is 32.0 Å². The predicted octanol–water partition coefficient (Wildman–Crippen LogP) is 2.07. The molecule has 0 aliphatic rings. The summed E-state index contributed by atoms with van der Waals surface area (Å²) >= 11 is 0. The molecule has 0 aliphatic carbocycles. The maximum absolute atomic E-state index is 11.8. The SMILES string of the molecule is CCOC(=O)OC(=O)C(NOC(=O)c1ccccc1)C(C)C. The van der Waals surface area contributed by atoms with Crippen LogP contribution >= 0.6 is 0 Å². The molecule has 1 unspecified atom stereocenters. The number of carbonyl (C=O) groups is 3. The second-order valence-corrected chi connectivity index (χ2v) is 4.70. The van der Waals surface area contributed by atoms with Crippen LogP contribution in [0.4, 0.5) is 4.79 Å². The molecular weight excluding hydrogens is 290 g/mol. The smallest absolute Gasteiger partial charge is 0.434 e. The van der Waals surface area contributed by atoms with Crippen LogP contribution < -0.4 is 5.48 Å². The quantitative estimate of drug-likeness (QED) is 0.488. The molecule has 1 aromatic carbocycles. The number of rotatable bonds is 6. The zero-order valence-corrected chi connectivity index (χ0v) is 12.7. The molecule has 1 aromatic rings. The number of ether oxygens (including phenoxy) is 2. The lowest BCUT2D eigenvalue weighted by atomic mass is 10.1. The summed E-state index contributed by atoms with van der Waals surface area (Å²) < 4.78 is 9.02. The Bertz CT molecular complexity index is 514. The molecule has 0 radical (unpaired) electrons. The third-order valence-electron chi connectivity index (χ3n) is 2.65. The van der Waals surface area contributed by atoms with E-state index in [4.69, 9.17) is 4.84 Å². The second kappa shape index (κ2) is 8.78. The molecular formula is C15H19NO6. The van der Waals surface area contributed by atoms with Gasteiger partial charge in [-0.25, -0.2) is 14.4 Å². The van der Waals surface area contributed by atoms with Crippen molar-refractivity contribution in [2.45, 2.75) is 26.8 Å². The van der Waals surface area contributed by atoms with Crippen LogP contribution in [0.2, 0.25) is 0 Å². The van der Waals surface area contributed by atoms with Gasteiger partial charge in [0.05, 0.1) is 12.2 Å². The number of hydroxylamine groups is 1. The first-order valence-electron chi connectivity index (χ1n) is 6.85. The summed E-state index contributed by atoms with van der Waals surface area (Å²) in [5.74, 6) is -1.80. The van der Waals surface area contributed by atoms with Crippen molar-refractivity contribution in [2.75, 3.05) is 6.61 Å². The molecule has 0 saturated carbocycles. The van der Waals surface area contributed by atoms with Gasteiger partial charge in [0.25, 0.3) is 0 Å². The van der Waals surface area contributed by atoms with Crippen molar-refractivity contribution < 1.29 is 28.7 Å². The Kier molecular flexibility index (Phi) is 7.04. The standard InChI is InChI=1S/C15H19NO6/c1-4-20-15(19)21-14(18)12(10(2)3)16-22-13(17)11-8-6-5-7-9-11/h5-10,12,16H,4H2,1-3H3. The van der Waals surface area contributed by atoms with Crippen LogP contribution in [0.15, 0.2) is 30.3 Å². The third kappa shape index (κ3) is 5.53. The Morgan fingerprint density at radius 2 is 1.77 bits per heavy atom. The zero-order chi connectivity index (χ0) is 16.5. The van der Waals surface area contributed by atoms with Gasteiger partial charge in [0.1, 0.15) is 6.04 Å². The van der Waals surface area contributed by atoms with E-state index in [2.05, 4.69) is 15.0 Å². The predicted molar refractivity (Wildman–Crippen MR) is 76.7 cm³/mol. The minimum Gasteiger partial charge on any atom is -0.434 e. The highest BCUT2D eigenvalue weighted by Crippen LogP contribution is 2.07. The van der Waals surface area contributed by atoms with Crippen LogP contribution in [0.3, 0.4) is 0 Å². The molecule has 0 aromatic heterocycles. The van der Waals surface area contributed by atoms with Crippen molar-refractivity contribution >= 4 is 18.1 Å². The van der Waals surface area contributed by atoms with E-state index in [1.165, 1.54) is 0 Å². The molecule has 0 amide bonds. The molecule has 0 saturated heterocycles. The van der Waals surface area contributed by atoms with E-state index in [1.54, 1.807) is 51.1 Å². The number of hydrogen-bond donors (Lipinski definition) is 1. The van der Waals surface area contributed by atoms with Crippen LogP contribution in [0.25, 0.3) is 0 Å². The molecule has 1 rings (SSSR count). The number of esters is 1. The number of hydrogen-bond acceptors (Lipinski definition) is 7. The van der Waals surface area contributed by atoms with E-state index in [9.17, 15) is 14.4 Å². The van der Waals surface area contributed by atoms with E-state index < -0.39 is 24.1 Å². The Morgan fingerprint density at radius 3 is 2.32 bits per heavy atom. The van der Waals surface area contributed by atoms with Crippen molar-refractivity contribution in [1.29, 1.82) is 0 Å². The molecule has 0 bridgehead atoms. The summed E-state index contributed by atoms with van der Waals surface area (Å²) in [6.07, 6.45) is -1.09. The van der Waals surface area contributed by atoms with E-state index in [0.29, 0.717) is 5.56 Å². The number of benzene rings is 1. The van der Waals surface area contributed by atoms with Crippen LogP contribution in [0, 0.1) is 5.92 Å². The van der Waals surface area contributed by atoms with Crippen LogP contribution in [-0.2, 0) is 19.1 Å². The normalized spacial score (nSPS) is 11.6. The van der Waals surface area contributed by atoms with Crippen LogP contribution in [0.1, 0.15) is 31.1 Å². The minimum absolute atomic E-state index is 0.0921. The highest BCUT2D eigenvalue weighted by atomic mass is 16.7. The van der Waals surface area contributed by atoms with Gasteiger partial charge in [-0.3, -0.25) is 0 Å². The first kappa shape index (κ1) is 17.6. The highest BCUT2D eigenvalue weighted by molar-refractivity contribution is 5.89. The minimum atomic E-state index is -1.09. The van der Waals surface area contributed by atoms with E-state index in [-0.39, 0.29) is 12.5 Å². The maximum Gasteiger partial charge on any atom is 0.516 e. The van der Waals surface area contributed by atoms with Gasteiger partial charge in [0.2, 0.25) is 0 Å². The number of carbonyl (C=O) groups excluding carboxylic acids is 3. The molecule has 0 fully saturated rings. The van der Waals surface area contributed by atoms with Gasteiger partial charge in [0.15, 0.2) is 0 Å². The zero-order valence-electron chi connectivity index (χ0n) is 12.7. The third-order valence-corrected chi connectivity index (χ3v) is 2.65. The van der Waals surface area contributed by atoms with Crippen molar-refractivity contribution in [2.24, 2.45) is 5.92 Å². The molecule has 7 nitrogen and oxygen atoms in total. The van der Waals surface area contributed by atoms with Crippen molar-refractivity contribution in [3.63, 3.8) is 0 Å². The van der Waals surface area contributed by atoms with Gasteiger partial charge < -0.3 is 14.3 Å². The Labute approximate surface area is 128 Å². The van der Waals surface area contributed by atoms with Gasteiger partial charge in [0, 0.05) is 0 Å². The Morgan fingerprint density at radius 1 is 1.14 bits per heavy atom. The van der Waals surface area contributed by atoms with Crippen LogP contribution in [0.5, 0.6) is 0 Å². The average molecular weight is 309 g/mol. The molecule has 0 spiro atoms. The van der Waals surface area contributed by atoms with Crippen molar-refractivity contribution in [1.82, 2.24) is 5.48 Å². The summed E-state index contributed by atoms with van der Waals surface area (Å²) in [7, 11) is 0. The lowest BCUT2D eigenvalue weighted by Crippen LogP contribution is -2.43. The van der Waals surface area contributed by atoms with Gasteiger partial charge in [-0.2, -0.15) is 0 Å². The van der Waals surface area contributed by atoms with E-state index in [1.807, 2.05) is 0 Å². The average Bonchev–Trinajstić information content (AvgIpc) is 2.47. The largest absolute Gasteiger partial charge is 0.516 e. The van der Waals surface area contributed by atoms with Crippen molar-refractivity contribution in [3.8, 4) is 0 Å². The fourth-order valence-electron chi connectivity index (χ4n) is 1.50. The summed E-state index contributed by atoms with van der Waals surface area (Å²) in [6.45, 7) is 5.10. The topological polar surface area (TPSA) is 90.9 Å². The van der Waals surface area contributed by atoms with Gasteiger partial charge in [-0.15, -0.1) is 5.48 Å². The Balaban J connectivity index is 2.59. The lowest BCUT2D eigenvalue weighted by Gasteiger charge is -2.19. The monoisotopic (exact) mass is 309 g/mol. The van der Waals surface area contributed by atoms with Gasteiger partial charge in [-0.05, 0) is 25.0 Å². The van der Waals surface area contributed by atoms with E-state index in [0.717, 1.165) is 0 Å². The first-order valence-corrected chi connectivity index (χ1v) is 6.85. The number of nitrogens with one attached hydrogen (secondary N) is 1. The Hall–Kier alpha value is -2.41. The highest BCUT2D eigenvalue weighted by Gasteiger charge is 2.28. The van der Waals surface area contributed by atoms with Crippen molar-refractivity contribution in [3.05, 3.63) is 35.9 Å². The fourth-order valence-corrected chi connectivity index (χ4v) is 1.50. The second-order valence-electron chi connectivity index (χ2n) is 4.70. The van der Waals surface area contributed by atoms with Gasteiger partial charge >= 0.3 is 18.1 Å². The molecule has 0 heterocycles. The molecule has 22 heavy (non-hydrogen) atoms. The van der Waals surface area contributed by atoms with Crippen LogP contribution in [-0.4, -0.2) is 30.7 Å². The summed E-state index contributed by atoms with van der Waals surface area (Å²) in [5, 5.41) is 0. The molecule has 7 heteroatoms. The summed E-state index contributed by atoms with van der Waals surface area (Å²) in [4.78, 5) is 39.6. The molecule has 1 N–H and O–H groups in total. The molecule has 0 aliphatic heterocycles. The maximum atomic E-state index is 11.8.